The van der Waals surface area contributed by atoms with Gasteiger partial charge in [-0.15, -0.1) is 0 Å². The number of nitrogens with zero attached hydrogens (tertiary/aromatic N) is 3. The summed E-state index contributed by atoms with van der Waals surface area (Å²) in [6, 6.07) is 10.2. The third kappa shape index (κ3) is 6.90. The predicted octanol–water partition coefficient (Wildman–Crippen LogP) is 1.70. The second-order valence-corrected chi connectivity index (χ2v) is 10.3. The van der Waals surface area contributed by atoms with Crippen LogP contribution < -0.4 is 25.6 Å². The summed E-state index contributed by atoms with van der Waals surface area (Å²) >= 11 is 0. The highest BCUT2D eigenvalue weighted by atomic mass is 16.5. The molecule has 2 bridgehead atoms. The fraction of sp³-hybridized carbons (Fsp3) is 0.483. The number of amides is 2. The summed E-state index contributed by atoms with van der Waals surface area (Å²) in [6.45, 7) is 6.99. The van der Waals surface area contributed by atoms with Crippen LogP contribution in [0.25, 0.3) is 0 Å². The van der Waals surface area contributed by atoms with E-state index in [1.165, 1.54) is 5.69 Å². The summed E-state index contributed by atoms with van der Waals surface area (Å²) in [4.78, 5) is 34.2. The molecule has 5 rings (SSSR count). The number of piperidine rings is 1. The van der Waals surface area contributed by atoms with E-state index in [0.29, 0.717) is 39.2 Å². The number of carbonyl (C=O) groups is 2. The summed E-state index contributed by atoms with van der Waals surface area (Å²) in [5, 5.41) is 9.76. The molecule has 2 atom stereocenters. The quantitative estimate of drug-likeness (QED) is 0.519. The van der Waals surface area contributed by atoms with Crippen molar-refractivity contribution in [1.29, 1.82) is 0 Å². The number of aromatic nitrogens is 1. The number of fused-ring (bicyclic) bond motifs is 3. The molecule has 1 aromatic carbocycles. The minimum atomic E-state index is 0.0297. The molecule has 1 aromatic heterocycles. The maximum Gasteiger partial charge on any atom is 0.236 e. The second-order valence-electron chi connectivity index (χ2n) is 10.3. The number of ether oxygens (including phenoxy) is 1. The SMILES string of the molecule is O=C(C[C@@H]1CCN2C[C@@H]1C=CCOc1ccc(N3CCNCC3)cc1CNCC2=O)NCc1cccnc1. The van der Waals surface area contributed by atoms with Crippen LogP contribution >= 0.6 is 0 Å². The summed E-state index contributed by atoms with van der Waals surface area (Å²) in [6.07, 6.45) is 8.91. The Kier molecular flexibility index (Phi) is 8.88. The Morgan fingerprint density at radius 2 is 2.00 bits per heavy atom. The molecule has 0 saturated carbocycles. The summed E-state index contributed by atoms with van der Waals surface area (Å²) < 4.78 is 6.17. The lowest BCUT2D eigenvalue weighted by Gasteiger charge is -2.37. The molecule has 2 aromatic rings. The van der Waals surface area contributed by atoms with E-state index in [-0.39, 0.29) is 30.2 Å². The van der Waals surface area contributed by atoms with Crippen LogP contribution in [0.5, 0.6) is 5.75 Å². The minimum absolute atomic E-state index is 0.0297. The smallest absolute Gasteiger partial charge is 0.236 e. The summed E-state index contributed by atoms with van der Waals surface area (Å²) in [5.41, 5.74) is 3.22. The highest BCUT2D eigenvalue weighted by Gasteiger charge is 2.31. The van der Waals surface area contributed by atoms with E-state index in [9.17, 15) is 9.59 Å². The van der Waals surface area contributed by atoms with Gasteiger partial charge in [-0.25, -0.2) is 0 Å². The maximum atomic E-state index is 13.0. The van der Waals surface area contributed by atoms with Crippen LogP contribution in [0.3, 0.4) is 0 Å². The van der Waals surface area contributed by atoms with Crippen molar-refractivity contribution < 1.29 is 14.3 Å². The van der Waals surface area contributed by atoms with Crippen molar-refractivity contribution in [2.24, 2.45) is 11.8 Å². The van der Waals surface area contributed by atoms with Crippen molar-refractivity contribution >= 4 is 17.5 Å². The number of rotatable bonds is 5. The van der Waals surface area contributed by atoms with Gasteiger partial charge in [-0.1, -0.05) is 18.2 Å². The van der Waals surface area contributed by atoms with Gasteiger partial charge in [-0.05, 0) is 48.1 Å². The summed E-state index contributed by atoms with van der Waals surface area (Å²) in [5.74, 6) is 1.25. The molecule has 2 amide bonds. The molecule has 2 fully saturated rings. The van der Waals surface area contributed by atoms with Crippen molar-refractivity contribution in [2.45, 2.75) is 25.9 Å². The van der Waals surface area contributed by atoms with Gasteiger partial charge >= 0.3 is 0 Å². The zero-order valence-corrected chi connectivity index (χ0v) is 21.9. The van der Waals surface area contributed by atoms with Gasteiger partial charge in [0.25, 0.3) is 0 Å². The number of piperazine rings is 1. The topological polar surface area (TPSA) is 98.8 Å². The Hall–Kier alpha value is -3.43. The van der Waals surface area contributed by atoms with E-state index in [0.717, 1.165) is 49.5 Å². The van der Waals surface area contributed by atoms with Gasteiger partial charge in [0, 0.05) is 82.4 Å². The van der Waals surface area contributed by atoms with E-state index in [1.54, 1.807) is 12.4 Å². The average Bonchev–Trinajstić information content (AvgIpc) is 2.97. The van der Waals surface area contributed by atoms with Crippen molar-refractivity contribution in [3.05, 3.63) is 66.0 Å². The summed E-state index contributed by atoms with van der Waals surface area (Å²) in [7, 11) is 0. The molecule has 0 aliphatic carbocycles. The molecule has 3 N–H and O–H groups in total. The van der Waals surface area contributed by atoms with Crippen molar-refractivity contribution in [3.63, 3.8) is 0 Å². The standard InChI is InChI=1S/C29H38N6O3/c36-28(33-18-22-3-1-8-31-17-22)16-23-7-11-35-21-24(23)4-2-14-38-27-6-5-26(34-12-9-30-10-13-34)15-25(27)19-32-20-29(35)37/h1-6,8,15,17,23-24,30,32H,7,9-14,16,18-21H2,(H,33,36)/t23-,24-/m0/s1. The van der Waals surface area contributed by atoms with Crippen LogP contribution in [0.2, 0.25) is 0 Å². The molecule has 3 aliphatic rings. The van der Waals surface area contributed by atoms with Gasteiger partial charge in [-0.2, -0.15) is 0 Å². The minimum Gasteiger partial charge on any atom is -0.489 e. The van der Waals surface area contributed by atoms with E-state index in [2.05, 4.69) is 44.0 Å². The molecular weight excluding hydrogens is 480 g/mol. The van der Waals surface area contributed by atoms with Gasteiger partial charge in [0.15, 0.2) is 0 Å². The molecule has 9 nitrogen and oxygen atoms in total. The molecule has 38 heavy (non-hydrogen) atoms. The molecule has 3 aliphatic heterocycles. The molecule has 9 heteroatoms. The van der Waals surface area contributed by atoms with Crippen LogP contribution in [-0.2, 0) is 22.7 Å². The lowest BCUT2D eigenvalue weighted by atomic mass is 9.82. The van der Waals surface area contributed by atoms with Crippen LogP contribution in [0.4, 0.5) is 5.69 Å². The van der Waals surface area contributed by atoms with E-state index in [4.69, 9.17) is 4.74 Å². The van der Waals surface area contributed by atoms with Crippen molar-refractivity contribution in [2.75, 3.05) is 57.3 Å². The van der Waals surface area contributed by atoms with Gasteiger partial charge < -0.3 is 30.5 Å². The molecule has 0 radical (unpaired) electrons. The molecule has 4 heterocycles. The zero-order chi connectivity index (χ0) is 26.2. The highest BCUT2D eigenvalue weighted by molar-refractivity contribution is 5.79. The first-order valence-corrected chi connectivity index (χ1v) is 13.7. The Morgan fingerprint density at radius 1 is 1.11 bits per heavy atom. The Labute approximate surface area is 224 Å². The van der Waals surface area contributed by atoms with E-state index >= 15 is 0 Å². The van der Waals surface area contributed by atoms with Gasteiger partial charge in [0.2, 0.25) is 11.8 Å². The lowest BCUT2D eigenvalue weighted by molar-refractivity contribution is -0.132. The zero-order valence-electron chi connectivity index (χ0n) is 21.9. The van der Waals surface area contributed by atoms with Crippen LogP contribution in [-0.4, -0.2) is 74.1 Å². The predicted molar refractivity (Wildman–Crippen MR) is 147 cm³/mol. The van der Waals surface area contributed by atoms with Gasteiger partial charge in [0.1, 0.15) is 12.4 Å². The normalized spacial score (nSPS) is 22.4. The number of hydrogen-bond donors (Lipinski definition) is 3. The van der Waals surface area contributed by atoms with E-state index < -0.39 is 0 Å². The molecular formula is C29H38N6O3. The molecule has 0 spiro atoms. The van der Waals surface area contributed by atoms with E-state index in [1.807, 2.05) is 29.2 Å². The number of carbonyl (C=O) groups excluding carboxylic acids is 2. The number of pyridine rings is 1. The Morgan fingerprint density at radius 3 is 2.84 bits per heavy atom. The van der Waals surface area contributed by atoms with Crippen LogP contribution in [0.15, 0.2) is 54.9 Å². The van der Waals surface area contributed by atoms with Gasteiger partial charge in [-0.3, -0.25) is 14.6 Å². The Bertz CT molecular complexity index is 1120. The number of hydrogen-bond acceptors (Lipinski definition) is 7. The molecule has 2 saturated heterocycles. The molecule has 0 unspecified atom stereocenters. The lowest BCUT2D eigenvalue weighted by Crippen LogP contribution is -2.47. The van der Waals surface area contributed by atoms with Crippen molar-refractivity contribution in [1.82, 2.24) is 25.8 Å². The first-order chi connectivity index (χ1) is 18.7. The van der Waals surface area contributed by atoms with Crippen LogP contribution in [0, 0.1) is 11.8 Å². The third-order valence-corrected chi connectivity index (χ3v) is 7.66. The highest BCUT2D eigenvalue weighted by Crippen LogP contribution is 2.29. The largest absolute Gasteiger partial charge is 0.489 e. The fourth-order valence-electron chi connectivity index (χ4n) is 5.49. The van der Waals surface area contributed by atoms with Crippen LogP contribution in [0.1, 0.15) is 24.0 Å². The fourth-order valence-corrected chi connectivity index (χ4v) is 5.49. The number of anilines is 1. The average molecular weight is 519 g/mol. The third-order valence-electron chi connectivity index (χ3n) is 7.66. The number of benzene rings is 1. The number of nitrogens with one attached hydrogen (secondary N) is 3. The Balaban J connectivity index is 1.24. The maximum absolute atomic E-state index is 13.0. The monoisotopic (exact) mass is 518 g/mol. The molecule has 202 valence electrons. The first-order valence-electron chi connectivity index (χ1n) is 13.7. The van der Waals surface area contributed by atoms with Crippen molar-refractivity contribution in [3.8, 4) is 5.75 Å². The van der Waals surface area contributed by atoms with Gasteiger partial charge in [0.05, 0.1) is 6.54 Å². The first kappa shape index (κ1) is 26.2. The second kappa shape index (κ2) is 12.9.